The molecule has 12 heavy (non-hydrogen) atoms. The zero-order valence-corrected chi connectivity index (χ0v) is 8.32. The predicted octanol–water partition coefficient (Wildman–Crippen LogP) is 2.07. The van der Waals surface area contributed by atoms with Crippen LogP contribution in [0.15, 0.2) is 12.3 Å². The van der Waals surface area contributed by atoms with Gasteiger partial charge < -0.3 is 5.32 Å². The van der Waals surface area contributed by atoms with Crippen LogP contribution >= 0.6 is 11.3 Å². The van der Waals surface area contributed by atoms with Crippen LogP contribution in [0.2, 0.25) is 0 Å². The molecule has 1 aromatic rings. The van der Waals surface area contributed by atoms with Crippen molar-refractivity contribution in [3.05, 3.63) is 22.2 Å². The number of hydrogen-bond donors (Lipinski definition) is 1. The van der Waals surface area contributed by atoms with Crippen LogP contribution in [-0.2, 0) is 0 Å². The van der Waals surface area contributed by atoms with Gasteiger partial charge in [0.05, 0.1) is 5.01 Å². The first-order valence-corrected chi connectivity index (χ1v) is 4.94. The van der Waals surface area contributed by atoms with Crippen molar-refractivity contribution in [1.82, 2.24) is 10.3 Å². The SMILES string of the molecule is CCNCC=Cc1cnc(C)s1. The van der Waals surface area contributed by atoms with Crippen LogP contribution in [0.25, 0.3) is 6.08 Å². The van der Waals surface area contributed by atoms with E-state index in [0.717, 1.165) is 18.1 Å². The normalized spacial score (nSPS) is 11.2. The Hall–Kier alpha value is -0.670. The van der Waals surface area contributed by atoms with E-state index < -0.39 is 0 Å². The van der Waals surface area contributed by atoms with Crippen molar-refractivity contribution in [3.8, 4) is 0 Å². The van der Waals surface area contributed by atoms with Crippen molar-refractivity contribution in [2.24, 2.45) is 0 Å². The van der Waals surface area contributed by atoms with Gasteiger partial charge in [-0.3, -0.25) is 0 Å². The van der Waals surface area contributed by atoms with Gasteiger partial charge in [0.15, 0.2) is 0 Å². The summed E-state index contributed by atoms with van der Waals surface area (Å²) in [6, 6.07) is 0. The monoisotopic (exact) mass is 182 g/mol. The second-order valence-electron chi connectivity index (χ2n) is 2.49. The van der Waals surface area contributed by atoms with Crippen molar-refractivity contribution in [2.45, 2.75) is 13.8 Å². The fraction of sp³-hybridized carbons (Fsp3) is 0.444. The van der Waals surface area contributed by atoms with Gasteiger partial charge in [0.1, 0.15) is 0 Å². The third kappa shape index (κ3) is 3.15. The maximum atomic E-state index is 4.16. The fourth-order valence-electron chi connectivity index (χ4n) is 0.858. The summed E-state index contributed by atoms with van der Waals surface area (Å²) in [4.78, 5) is 5.39. The largest absolute Gasteiger partial charge is 0.314 e. The molecule has 1 aromatic heterocycles. The van der Waals surface area contributed by atoms with E-state index in [1.54, 1.807) is 11.3 Å². The summed E-state index contributed by atoms with van der Waals surface area (Å²) < 4.78 is 0. The molecule has 1 rings (SSSR count). The minimum atomic E-state index is 0.938. The molecular formula is C9H14N2S. The lowest BCUT2D eigenvalue weighted by Gasteiger charge is -1.91. The molecule has 0 bridgehead atoms. The van der Waals surface area contributed by atoms with Crippen molar-refractivity contribution in [3.63, 3.8) is 0 Å². The van der Waals surface area contributed by atoms with Gasteiger partial charge in [-0.15, -0.1) is 11.3 Å². The Balaban J connectivity index is 2.36. The number of aryl methyl sites for hydroxylation is 1. The number of nitrogens with zero attached hydrogens (tertiary/aromatic N) is 1. The summed E-state index contributed by atoms with van der Waals surface area (Å²) in [7, 11) is 0. The molecule has 0 amide bonds. The molecule has 66 valence electrons. The Morgan fingerprint density at radius 3 is 3.08 bits per heavy atom. The molecule has 0 aliphatic rings. The smallest absolute Gasteiger partial charge is 0.0900 e. The van der Waals surface area contributed by atoms with Crippen LogP contribution < -0.4 is 5.32 Å². The molecule has 0 radical (unpaired) electrons. The molecule has 0 aliphatic heterocycles. The van der Waals surface area contributed by atoms with E-state index in [2.05, 4.69) is 29.4 Å². The van der Waals surface area contributed by atoms with E-state index in [1.165, 1.54) is 4.88 Å². The summed E-state index contributed by atoms with van der Waals surface area (Å²) in [5, 5.41) is 4.35. The first-order valence-electron chi connectivity index (χ1n) is 4.12. The lowest BCUT2D eigenvalue weighted by molar-refractivity contribution is 0.801. The highest BCUT2D eigenvalue weighted by Crippen LogP contribution is 2.12. The van der Waals surface area contributed by atoms with E-state index in [4.69, 9.17) is 0 Å². The summed E-state index contributed by atoms with van der Waals surface area (Å²) >= 11 is 1.72. The maximum Gasteiger partial charge on any atom is 0.0900 e. The summed E-state index contributed by atoms with van der Waals surface area (Å²) in [6.45, 7) is 6.08. The topological polar surface area (TPSA) is 24.9 Å². The van der Waals surface area contributed by atoms with Crippen molar-refractivity contribution in [2.75, 3.05) is 13.1 Å². The number of nitrogens with one attached hydrogen (secondary N) is 1. The van der Waals surface area contributed by atoms with Crippen LogP contribution in [0.4, 0.5) is 0 Å². The quantitative estimate of drug-likeness (QED) is 0.721. The molecule has 1 heterocycles. The van der Waals surface area contributed by atoms with Gasteiger partial charge in [-0.1, -0.05) is 13.0 Å². The minimum Gasteiger partial charge on any atom is -0.314 e. The standard InChI is InChI=1S/C9H14N2S/c1-3-10-6-4-5-9-7-11-8(2)12-9/h4-5,7,10H,3,6H2,1-2H3. The van der Waals surface area contributed by atoms with E-state index in [0.29, 0.717) is 0 Å². The fourth-order valence-corrected chi connectivity index (χ4v) is 1.57. The summed E-state index contributed by atoms with van der Waals surface area (Å²) in [5.74, 6) is 0. The number of aromatic nitrogens is 1. The Morgan fingerprint density at radius 2 is 2.50 bits per heavy atom. The lowest BCUT2D eigenvalue weighted by Crippen LogP contribution is -2.11. The average Bonchev–Trinajstić information content (AvgIpc) is 2.45. The molecule has 0 aromatic carbocycles. The van der Waals surface area contributed by atoms with Gasteiger partial charge in [-0.05, 0) is 19.5 Å². The highest BCUT2D eigenvalue weighted by atomic mass is 32.1. The summed E-state index contributed by atoms with van der Waals surface area (Å²) in [6.07, 6.45) is 6.13. The molecule has 3 heteroatoms. The van der Waals surface area contributed by atoms with Gasteiger partial charge in [-0.2, -0.15) is 0 Å². The Bertz CT molecular complexity index is 253. The minimum absolute atomic E-state index is 0.938. The molecular weight excluding hydrogens is 168 g/mol. The van der Waals surface area contributed by atoms with Gasteiger partial charge in [0, 0.05) is 17.6 Å². The van der Waals surface area contributed by atoms with Crippen molar-refractivity contribution < 1.29 is 0 Å². The first-order chi connectivity index (χ1) is 5.83. The molecule has 0 saturated heterocycles. The number of rotatable bonds is 4. The zero-order valence-electron chi connectivity index (χ0n) is 7.50. The number of likely N-dealkylation sites (N-methyl/N-ethyl adjacent to an activating group) is 1. The van der Waals surface area contributed by atoms with Crippen molar-refractivity contribution in [1.29, 1.82) is 0 Å². The molecule has 0 saturated carbocycles. The third-order valence-corrected chi connectivity index (χ3v) is 2.31. The lowest BCUT2D eigenvalue weighted by atomic mass is 10.4. The molecule has 1 N–H and O–H groups in total. The van der Waals surface area contributed by atoms with E-state index in [1.807, 2.05) is 13.1 Å². The van der Waals surface area contributed by atoms with E-state index in [9.17, 15) is 0 Å². The van der Waals surface area contributed by atoms with Gasteiger partial charge in [0.25, 0.3) is 0 Å². The first kappa shape index (κ1) is 9.42. The summed E-state index contributed by atoms with van der Waals surface area (Å²) in [5.41, 5.74) is 0. The number of thiazole rings is 1. The number of hydrogen-bond acceptors (Lipinski definition) is 3. The van der Waals surface area contributed by atoms with Gasteiger partial charge in [-0.25, -0.2) is 4.98 Å². The molecule has 0 aliphatic carbocycles. The molecule has 2 nitrogen and oxygen atoms in total. The molecule has 0 atom stereocenters. The van der Waals surface area contributed by atoms with E-state index >= 15 is 0 Å². The second-order valence-corrected chi connectivity index (χ2v) is 3.76. The van der Waals surface area contributed by atoms with Crippen LogP contribution in [0.1, 0.15) is 16.8 Å². The Labute approximate surface area is 77.3 Å². The molecule has 0 spiro atoms. The second kappa shape index (κ2) is 5.06. The zero-order chi connectivity index (χ0) is 8.81. The van der Waals surface area contributed by atoms with Gasteiger partial charge >= 0.3 is 0 Å². The Morgan fingerprint density at radius 1 is 1.67 bits per heavy atom. The van der Waals surface area contributed by atoms with Crippen LogP contribution in [0.5, 0.6) is 0 Å². The van der Waals surface area contributed by atoms with Crippen molar-refractivity contribution >= 4 is 17.4 Å². The predicted molar refractivity (Wildman–Crippen MR) is 54.4 cm³/mol. The third-order valence-electron chi connectivity index (χ3n) is 1.43. The van der Waals surface area contributed by atoms with E-state index in [-0.39, 0.29) is 0 Å². The maximum absolute atomic E-state index is 4.16. The molecule has 0 unspecified atom stereocenters. The highest BCUT2D eigenvalue weighted by Gasteiger charge is 1.90. The van der Waals surface area contributed by atoms with Crippen LogP contribution in [0, 0.1) is 6.92 Å². The van der Waals surface area contributed by atoms with Gasteiger partial charge in [0.2, 0.25) is 0 Å². The Kier molecular flexibility index (Phi) is 3.97. The highest BCUT2D eigenvalue weighted by molar-refractivity contribution is 7.12. The van der Waals surface area contributed by atoms with Crippen LogP contribution in [0.3, 0.4) is 0 Å². The van der Waals surface area contributed by atoms with Crippen LogP contribution in [-0.4, -0.2) is 18.1 Å². The molecule has 0 fully saturated rings. The average molecular weight is 182 g/mol.